The minimum atomic E-state index is -0.613. The van der Waals surface area contributed by atoms with Crippen molar-refractivity contribution in [1.82, 2.24) is 5.32 Å². The Kier molecular flexibility index (Phi) is 7.14. The number of rotatable bonds is 7. The molecule has 0 saturated heterocycles. The third-order valence-electron chi connectivity index (χ3n) is 4.64. The summed E-state index contributed by atoms with van der Waals surface area (Å²) in [6.45, 7) is 9.63. The van der Waals surface area contributed by atoms with Crippen molar-refractivity contribution in [3.63, 3.8) is 0 Å². The molecule has 0 bridgehead atoms. The van der Waals surface area contributed by atoms with Gasteiger partial charge in [0.05, 0.1) is 13.2 Å². The number of aryl methyl sites for hydroxylation is 3. The first-order valence-electron chi connectivity index (χ1n) is 9.15. The van der Waals surface area contributed by atoms with E-state index in [2.05, 4.69) is 5.32 Å². The molecule has 2 rings (SSSR count). The van der Waals surface area contributed by atoms with Crippen LogP contribution in [0, 0.1) is 20.8 Å². The molecule has 2 aromatic carbocycles. The molecule has 2 unspecified atom stereocenters. The lowest BCUT2D eigenvalue weighted by Gasteiger charge is -2.22. The lowest BCUT2D eigenvalue weighted by atomic mass is 10.0. The molecule has 0 aliphatic heterocycles. The summed E-state index contributed by atoms with van der Waals surface area (Å²) in [5.74, 6) is 1.33. The van der Waals surface area contributed by atoms with E-state index < -0.39 is 6.10 Å². The quantitative estimate of drug-likeness (QED) is 0.698. The molecule has 2 aromatic rings. The third-order valence-corrected chi connectivity index (χ3v) is 5.23. The first-order valence-corrected chi connectivity index (χ1v) is 9.52. The van der Waals surface area contributed by atoms with Crippen molar-refractivity contribution in [3.8, 4) is 11.5 Å². The van der Waals surface area contributed by atoms with Gasteiger partial charge in [0.1, 0.15) is 11.5 Å². The Labute approximate surface area is 166 Å². The van der Waals surface area contributed by atoms with Crippen LogP contribution in [0.2, 0.25) is 5.02 Å². The van der Waals surface area contributed by atoms with Crippen molar-refractivity contribution in [1.29, 1.82) is 0 Å². The van der Waals surface area contributed by atoms with Gasteiger partial charge in [0.2, 0.25) is 0 Å². The first-order chi connectivity index (χ1) is 12.8. The molecular weight excluding hydrogens is 362 g/mol. The maximum absolute atomic E-state index is 12.6. The highest BCUT2D eigenvalue weighted by Gasteiger charge is 2.20. The zero-order valence-electron chi connectivity index (χ0n) is 16.9. The molecule has 0 aliphatic carbocycles. The normalized spacial score (nSPS) is 13.0. The maximum atomic E-state index is 12.6. The van der Waals surface area contributed by atoms with Crippen LogP contribution in [0.5, 0.6) is 11.5 Å². The van der Waals surface area contributed by atoms with Gasteiger partial charge < -0.3 is 14.8 Å². The summed E-state index contributed by atoms with van der Waals surface area (Å²) in [6.07, 6.45) is 0.169. The predicted molar refractivity (Wildman–Crippen MR) is 110 cm³/mol. The van der Waals surface area contributed by atoms with Gasteiger partial charge in [0.25, 0.3) is 5.91 Å². The van der Waals surface area contributed by atoms with Crippen molar-refractivity contribution in [3.05, 3.63) is 57.6 Å². The monoisotopic (exact) mass is 389 g/mol. The number of hydrogen-bond donors (Lipinski definition) is 1. The summed E-state index contributed by atoms with van der Waals surface area (Å²) in [5.41, 5.74) is 3.95. The van der Waals surface area contributed by atoms with E-state index in [-0.39, 0.29) is 11.9 Å². The largest absolute Gasteiger partial charge is 0.496 e. The molecule has 2 atom stereocenters. The maximum Gasteiger partial charge on any atom is 0.261 e. The van der Waals surface area contributed by atoms with Crippen molar-refractivity contribution in [2.45, 2.75) is 53.2 Å². The summed E-state index contributed by atoms with van der Waals surface area (Å²) in [4.78, 5) is 12.6. The molecule has 0 aliphatic rings. The van der Waals surface area contributed by atoms with Gasteiger partial charge in [-0.15, -0.1) is 0 Å². The van der Waals surface area contributed by atoms with Crippen LogP contribution in [0.25, 0.3) is 0 Å². The fourth-order valence-corrected chi connectivity index (χ4v) is 3.17. The van der Waals surface area contributed by atoms with Crippen LogP contribution >= 0.6 is 11.6 Å². The fraction of sp³-hybridized carbons (Fsp3) is 0.409. The van der Waals surface area contributed by atoms with E-state index in [0.717, 1.165) is 39.4 Å². The second-order valence-electron chi connectivity index (χ2n) is 6.83. The predicted octanol–water partition coefficient (Wildman–Crippen LogP) is 5.31. The van der Waals surface area contributed by atoms with E-state index in [9.17, 15) is 4.79 Å². The summed E-state index contributed by atoms with van der Waals surface area (Å²) >= 11 is 6.19. The van der Waals surface area contributed by atoms with Crippen LogP contribution in [-0.4, -0.2) is 19.1 Å². The van der Waals surface area contributed by atoms with E-state index in [0.29, 0.717) is 5.75 Å². The van der Waals surface area contributed by atoms with Crippen LogP contribution in [0.15, 0.2) is 30.3 Å². The Morgan fingerprint density at radius 2 is 1.74 bits per heavy atom. The first kappa shape index (κ1) is 21.1. The number of hydrogen-bond acceptors (Lipinski definition) is 3. The number of halogens is 1. The highest BCUT2D eigenvalue weighted by Crippen LogP contribution is 2.27. The smallest absolute Gasteiger partial charge is 0.261 e. The van der Waals surface area contributed by atoms with Crippen molar-refractivity contribution in [2.75, 3.05) is 7.11 Å². The van der Waals surface area contributed by atoms with Gasteiger partial charge in [0, 0.05) is 5.02 Å². The van der Waals surface area contributed by atoms with Gasteiger partial charge in [-0.05, 0) is 74.6 Å². The molecule has 4 nitrogen and oxygen atoms in total. The molecule has 146 valence electrons. The second-order valence-corrected chi connectivity index (χ2v) is 7.21. The van der Waals surface area contributed by atoms with Gasteiger partial charge in [-0.25, -0.2) is 0 Å². The summed E-state index contributed by atoms with van der Waals surface area (Å²) in [5, 5.41) is 3.80. The highest BCUT2D eigenvalue weighted by molar-refractivity contribution is 6.32. The van der Waals surface area contributed by atoms with Gasteiger partial charge in [0.15, 0.2) is 6.10 Å². The van der Waals surface area contributed by atoms with E-state index in [1.165, 1.54) is 0 Å². The standard InChI is InChI=1S/C22H28ClNO3/c1-7-19(17-8-9-20(26-6)13(2)10-17)24-22(25)16(5)27-18-11-14(3)21(23)15(4)12-18/h8-12,16,19H,7H2,1-6H3,(H,24,25). The van der Waals surface area contributed by atoms with Crippen LogP contribution in [0.3, 0.4) is 0 Å². The number of methoxy groups -OCH3 is 1. The minimum absolute atomic E-state index is 0.0816. The molecule has 0 heterocycles. The van der Waals surface area contributed by atoms with Crippen molar-refractivity contribution < 1.29 is 14.3 Å². The van der Waals surface area contributed by atoms with Crippen LogP contribution in [-0.2, 0) is 4.79 Å². The average Bonchev–Trinajstić information content (AvgIpc) is 2.63. The Balaban J connectivity index is 2.08. The third kappa shape index (κ3) is 5.16. The molecule has 0 radical (unpaired) electrons. The van der Waals surface area contributed by atoms with Crippen LogP contribution in [0.1, 0.15) is 48.6 Å². The number of carbonyl (C=O) groups is 1. The van der Waals surface area contributed by atoms with Crippen molar-refractivity contribution in [2.24, 2.45) is 0 Å². The van der Waals surface area contributed by atoms with E-state index >= 15 is 0 Å². The Morgan fingerprint density at radius 3 is 2.26 bits per heavy atom. The SMILES string of the molecule is CCC(NC(=O)C(C)Oc1cc(C)c(Cl)c(C)c1)c1ccc(OC)c(C)c1. The van der Waals surface area contributed by atoms with Gasteiger partial charge >= 0.3 is 0 Å². The molecule has 1 amide bonds. The van der Waals surface area contributed by atoms with Gasteiger partial charge in [-0.2, -0.15) is 0 Å². The molecule has 0 saturated carbocycles. The van der Waals surface area contributed by atoms with E-state index in [1.54, 1.807) is 14.0 Å². The molecule has 0 fully saturated rings. The minimum Gasteiger partial charge on any atom is -0.496 e. The molecule has 27 heavy (non-hydrogen) atoms. The number of nitrogens with one attached hydrogen (secondary N) is 1. The molecule has 0 spiro atoms. The molecule has 1 N–H and O–H groups in total. The summed E-state index contributed by atoms with van der Waals surface area (Å²) < 4.78 is 11.2. The van der Waals surface area contributed by atoms with Gasteiger partial charge in [-0.3, -0.25) is 4.79 Å². The fourth-order valence-electron chi connectivity index (χ4n) is 3.06. The molecule has 0 aromatic heterocycles. The number of benzene rings is 2. The van der Waals surface area contributed by atoms with E-state index in [1.807, 2.05) is 58.0 Å². The Morgan fingerprint density at radius 1 is 1.11 bits per heavy atom. The zero-order chi connectivity index (χ0) is 20.1. The molecule has 5 heteroatoms. The number of amides is 1. The van der Waals surface area contributed by atoms with Gasteiger partial charge in [-0.1, -0.05) is 30.7 Å². The zero-order valence-corrected chi connectivity index (χ0v) is 17.6. The lowest BCUT2D eigenvalue weighted by molar-refractivity contribution is -0.128. The summed E-state index contributed by atoms with van der Waals surface area (Å²) in [6, 6.07) is 9.58. The number of carbonyl (C=O) groups excluding carboxylic acids is 1. The molecular formula is C22H28ClNO3. The van der Waals surface area contributed by atoms with Crippen molar-refractivity contribution >= 4 is 17.5 Å². The average molecular weight is 390 g/mol. The van der Waals surface area contributed by atoms with Crippen LogP contribution in [0.4, 0.5) is 0 Å². The number of ether oxygens (including phenoxy) is 2. The summed E-state index contributed by atoms with van der Waals surface area (Å²) in [7, 11) is 1.65. The highest BCUT2D eigenvalue weighted by atomic mass is 35.5. The Bertz CT molecular complexity index is 796. The topological polar surface area (TPSA) is 47.6 Å². The lowest BCUT2D eigenvalue weighted by Crippen LogP contribution is -2.38. The second kappa shape index (κ2) is 9.14. The Hall–Kier alpha value is -2.20. The van der Waals surface area contributed by atoms with Crippen LogP contribution < -0.4 is 14.8 Å². The van der Waals surface area contributed by atoms with E-state index in [4.69, 9.17) is 21.1 Å².